The fourth-order valence-corrected chi connectivity index (χ4v) is 2.55. The maximum absolute atomic E-state index is 12.3. The van der Waals surface area contributed by atoms with Crippen molar-refractivity contribution in [2.75, 3.05) is 13.1 Å². The van der Waals surface area contributed by atoms with Crippen LogP contribution in [0.1, 0.15) is 22.5 Å². The number of H-pyrrole nitrogens is 1. The summed E-state index contributed by atoms with van der Waals surface area (Å²) in [6.45, 7) is 3.36. The van der Waals surface area contributed by atoms with Crippen LogP contribution in [0.3, 0.4) is 0 Å². The summed E-state index contributed by atoms with van der Waals surface area (Å²) in [6, 6.07) is 3.43. The summed E-state index contributed by atoms with van der Waals surface area (Å²) in [5, 5.41) is 8.52. The lowest BCUT2D eigenvalue weighted by molar-refractivity contribution is 0.0651. The van der Waals surface area contributed by atoms with Crippen molar-refractivity contribution in [1.29, 1.82) is 0 Å². The van der Waals surface area contributed by atoms with E-state index in [9.17, 15) is 9.59 Å². The quantitative estimate of drug-likeness (QED) is 0.740. The van der Waals surface area contributed by atoms with Gasteiger partial charge in [-0.25, -0.2) is 9.20 Å². The van der Waals surface area contributed by atoms with Crippen LogP contribution in [0.4, 0.5) is 0 Å². The van der Waals surface area contributed by atoms with Crippen molar-refractivity contribution < 1.29 is 4.79 Å². The largest absolute Gasteiger partial charge is 0.338 e. The van der Waals surface area contributed by atoms with Gasteiger partial charge in [0.1, 0.15) is 5.52 Å². The average Bonchev–Trinajstić information content (AvgIpc) is 3.03. The first-order chi connectivity index (χ1) is 10.6. The Morgan fingerprint density at radius 3 is 2.91 bits per heavy atom. The molecule has 1 N–H and O–H groups in total. The molecule has 0 aromatic carbocycles. The molecule has 3 aromatic heterocycles. The Bertz CT molecular complexity index is 930. The Kier molecular flexibility index (Phi) is 2.65. The zero-order valence-corrected chi connectivity index (χ0v) is 12.0. The predicted molar refractivity (Wildman–Crippen MR) is 78.2 cm³/mol. The van der Waals surface area contributed by atoms with Crippen molar-refractivity contribution in [2.24, 2.45) is 0 Å². The molecule has 0 radical (unpaired) electrons. The molecule has 8 heteroatoms. The third-order valence-electron chi connectivity index (χ3n) is 3.97. The lowest BCUT2D eigenvalue weighted by Gasteiger charge is -2.30. The van der Waals surface area contributed by atoms with Crippen LogP contribution in [-0.4, -0.2) is 48.3 Å². The van der Waals surface area contributed by atoms with Crippen LogP contribution >= 0.6 is 0 Å². The van der Waals surface area contributed by atoms with E-state index >= 15 is 0 Å². The standard InChI is InChI=1S/C14H14N6O2/c1-9-10(13(22)18-5-3-6-18)8-15-20(9)14-16-12(21)11-4-2-7-19(11)17-14/h2,4,7-8H,3,5-6H2,1H3,(H,16,17,21). The van der Waals surface area contributed by atoms with Crippen molar-refractivity contribution in [3.05, 3.63) is 46.1 Å². The number of fused-ring (bicyclic) bond motifs is 1. The second-order valence-electron chi connectivity index (χ2n) is 5.32. The number of amides is 1. The van der Waals surface area contributed by atoms with Crippen molar-refractivity contribution in [3.63, 3.8) is 0 Å². The SMILES string of the molecule is Cc1c(C(=O)N2CCC2)cnn1-c1nn2cccc2c(=O)[nH]1. The number of likely N-dealkylation sites (tertiary alicyclic amines) is 1. The van der Waals surface area contributed by atoms with Gasteiger partial charge in [0.15, 0.2) is 0 Å². The molecule has 0 spiro atoms. The monoisotopic (exact) mass is 298 g/mol. The first-order valence-electron chi connectivity index (χ1n) is 7.07. The van der Waals surface area contributed by atoms with Gasteiger partial charge in [-0.2, -0.15) is 5.10 Å². The first kappa shape index (κ1) is 12.8. The lowest BCUT2D eigenvalue weighted by atomic mass is 10.1. The summed E-state index contributed by atoms with van der Waals surface area (Å²) < 4.78 is 2.97. The highest BCUT2D eigenvalue weighted by Crippen LogP contribution is 2.16. The molecule has 0 unspecified atom stereocenters. The average molecular weight is 298 g/mol. The van der Waals surface area contributed by atoms with Crippen molar-refractivity contribution in [3.8, 4) is 5.95 Å². The highest BCUT2D eigenvalue weighted by atomic mass is 16.2. The molecular formula is C14H14N6O2. The van der Waals surface area contributed by atoms with E-state index in [1.807, 2.05) is 0 Å². The number of aromatic amines is 1. The second-order valence-corrected chi connectivity index (χ2v) is 5.32. The van der Waals surface area contributed by atoms with Crippen LogP contribution in [0, 0.1) is 6.92 Å². The Morgan fingerprint density at radius 1 is 1.36 bits per heavy atom. The van der Waals surface area contributed by atoms with Crippen LogP contribution < -0.4 is 5.56 Å². The molecule has 0 atom stereocenters. The molecule has 0 saturated carbocycles. The Labute approximate surface area is 125 Å². The van der Waals surface area contributed by atoms with E-state index in [0.29, 0.717) is 16.8 Å². The van der Waals surface area contributed by atoms with Gasteiger partial charge < -0.3 is 4.90 Å². The van der Waals surface area contributed by atoms with Gasteiger partial charge in [-0.3, -0.25) is 14.6 Å². The molecule has 4 heterocycles. The molecule has 22 heavy (non-hydrogen) atoms. The Hall–Kier alpha value is -2.90. The summed E-state index contributed by atoms with van der Waals surface area (Å²) in [7, 11) is 0. The number of carbonyl (C=O) groups excluding carboxylic acids is 1. The lowest BCUT2D eigenvalue weighted by Crippen LogP contribution is -2.42. The van der Waals surface area contributed by atoms with E-state index in [0.717, 1.165) is 19.5 Å². The van der Waals surface area contributed by atoms with Gasteiger partial charge in [-0.05, 0) is 25.5 Å². The summed E-state index contributed by atoms with van der Waals surface area (Å²) in [5.41, 5.74) is 1.41. The molecule has 3 aromatic rings. The van der Waals surface area contributed by atoms with Crippen LogP contribution in [0.5, 0.6) is 0 Å². The first-order valence-corrected chi connectivity index (χ1v) is 7.07. The van der Waals surface area contributed by atoms with Gasteiger partial charge in [0.05, 0.1) is 17.5 Å². The van der Waals surface area contributed by atoms with Gasteiger partial charge in [0.25, 0.3) is 11.5 Å². The molecule has 112 valence electrons. The molecule has 1 aliphatic rings. The van der Waals surface area contributed by atoms with E-state index in [1.165, 1.54) is 15.4 Å². The van der Waals surface area contributed by atoms with Gasteiger partial charge in [-0.1, -0.05) is 0 Å². The van der Waals surface area contributed by atoms with Crippen molar-refractivity contribution in [2.45, 2.75) is 13.3 Å². The molecular weight excluding hydrogens is 284 g/mol. The van der Waals surface area contributed by atoms with Gasteiger partial charge in [0, 0.05) is 19.3 Å². The van der Waals surface area contributed by atoms with Crippen molar-refractivity contribution >= 4 is 11.4 Å². The Morgan fingerprint density at radius 2 is 2.18 bits per heavy atom. The van der Waals surface area contributed by atoms with Gasteiger partial charge in [-0.15, -0.1) is 5.10 Å². The number of nitrogens with one attached hydrogen (secondary N) is 1. The zero-order chi connectivity index (χ0) is 15.3. The summed E-state index contributed by atoms with van der Waals surface area (Å²) in [4.78, 5) is 28.8. The van der Waals surface area contributed by atoms with Gasteiger partial charge in [0.2, 0.25) is 5.95 Å². The third kappa shape index (κ3) is 1.77. The minimum absolute atomic E-state index is 0.0283. The van der Waals surface area contributed by atoms with E-state index in [2.05, 4.69) is 15.2 Å². The van der Waals surface area contributed by atoms with E-state index < -0.39 is 0 Å². The summed E-state index contributed by atoms with van der Waals surface area (Å²) in [5.74, 6) is 0.258. The number of carbonyl (C=O) groups is 1. The molecule has 1 saturated heterocycles. The normalized spacial score (nSPS) is 14.3. The minimum Gasteiger partial charge on any atom is -0.338 e. The molecule has 4 rings (SSSR count). The number of nitrogens with zero attached hydrogens (tertiary/aromatic N) is 5. The highest BCUT2D eigenvalue weighted by Gasteiger charge is 2.25. The summed E-state index contributed by atoms with van der Waals surface area (Å²) in [6.07, 6.45) is 4.26. The highest BCUT2D eigenvalue weighted by molar-refractivity contribution is 5.95. The smallest absolute Gasteiger partial charge is 0.276 e. The summed E-state index contributed by atoms with van der Waals surface area (Å²) >= 11 is 0. The second kappa shape index (κ2) is 4.55. The van der Waals surface area contributed by atoms with Crippen LogP contribution in [0.15, 0.2) is 29.3 Å². The topological polar surface area (TPSA) is 88.3 Å². The van der Waals surface area contributed by atoms with Crippen LogP contribution in [-0.2, 0) is 0 Å². The van der Waals surface area contributed by atoms with Crippen LogP contribution in [0.2, 0.25) is 0 Å². The Balaban J connectivity index is 1.80. The number of hydrogen-bond donors (Lipinski definition) is 1. The van der Waals surface area contributed by atoms with Crippen LogP contribution in [0.25, 0.3) is 11.5 Å². The van der Waals surface area contributed by atoms with Gasteiger partial charge >= 0.3 is 0 Å². The van der Waals surface area contributed by atoms with E-state index in [4.69, 9.17) is 0 Å². The molecule has 0 bridgehead atoms. The molecule has 1 aliphatic heterocycles. The maximum Gasteiger partial charge on any atom is 0.276 e. The fourth-order valence-electron chi connectivity index (χ4n) is 2.55. The van der Waals surface area contributed by atoms with E-state index in [-0.39, 0.29) is 17.4 Å². The third-order valence-corrected chi connectivity index (χ3v) is 3.97. The molecule has 1 amide bonds. The molecule has 0 aliphatic carbocycles. The number of rotatable bonds is 2. The van der Waals surface area contributed by atoms with Crippen molar-refractivity contribution in [1.82, 2.24) is 29.3 Å². The molecule has 8 nitrogen and oxygen atoms in total. The number of hydrogen-bond acceptors (Lipinski definition) is 4. The van der Waals surface area contributed by atoms with E-state index in [1.54, 1.807) is 30.2 Å². The fraction of sp³-hybridized carbons (Fsp3) is 0.286. The molecule has 1 fully saturated rings. The minimum atomic E-state index is -0.250. The maximum atomic E-state index is 12.3. The zero-order valence-electron chi connectivity index (χ0n) is 12.0. The number of aromatic nitrogens is 5. The predicted octanol–water partition coefficient (Wildman–Crippen LogP) is 0.363.